The van der Waals surface area contributed by atoms with Gasteiger partial charge in [-0.15, -0.1) is 0 Å². The fraction of sp³-hybridized carbons (Fsp3) is 0.250. The number of carboxylic acid groups (broad SMARTS) is 1. The molecule has 1 aromatic rings. The van der Waals surface area contributed by atoms with Gasteiger partial charge in [0.25, 0.3) is 0 Å². The summed E-state index contributed by atoms with van der Waals surface area (Å²) < 4.78 is 23.8. The summed E-state index contributed by atoms with van der Waals surface area (Å²) in [5.74, 6) is -1.07. The summed E-state index contributed by atoms with van der Waals surface area (Å²) in [6, 6.07) is 2.66. The Labute approximate surface area is 87.0 Å². The van der Waals surface area contributed by atoms with Crippen molar-refractivity contribution in [3.8, 4) is 0 Å². The van der Waals surface area contributed by atoms with Gasteiger partial charge >= 0.3 is 5.97 Å². The number of aromatic nitrogens is 1. The van der Waals surface area contributed by atoms with Gasteiger partial charge in [0.2, 0.25) is 10.0 Å². The molecule has 0 aromatic carbocycles. The van der Waals surface area contributed by atoms with Gasteiger partial charge in [0.15, 0.2) is 0 Å². The lowest BCUT2D eigenvalue weighted by molar-refractivity contribution is 0.0696. The molecule has 0 fully saturated rings. The molecular weight excluding hydrogens is 220 g/mol. The Morgan fingerprint density at radius 1 is 1.60 bits per heavy atom. The van der Waals surface area contributed by atoms with Crippen molar-refractivity contribution in [2.24, 2.45) is 0 Å². The Hall–Kier alpha value is -1.47. The average molecular weight is 230 g/mol. The van der Waals surface area contributed by atoms with Gasteiger partial charge < -0.3 is 5.11 Å². The van der Waals surface area contributed by atoms with E-state index in [9.17, 15) is 13.2 Å². The molecule has 0 atom stereocenters. The van der Waals surface area contributed by atoms with Crippen LogP contribution in [0, 0.1) is 0 Å². The van der Waals surface area contributed by atoms with Gasteiger partial charge in [0.1, 0.15) is 0 Å². The number of nitrogens with one attached hydrogen (secondary N) is 1. The van der Waals surface area contributed by atoms with Gasteiger partial charge in [-0.05, 0) is 12.1 Å². The van der Waals surface area contributed by atoms with Crippen molar-refractivity contribution in [1.29, 1.82) is 0 Å². The number of sulfonamides is 1. The predicted molar refractivity (Wildman–Crippen MR) is 52.9 cm³/mol. The van der Waals surface area contributed by atoms with E-state index in [1.807, 2.05) is 0 Å². The van der Waals surface area contributed by atoms with Crippen LogP contribution in [0.3, 0.4) is 0 Å². The highest BCUT2D eigenvalue weighted by atomic mass is 32.2. The van der Waals surface area contributed by atoms with Crippen molar-refractivity contribution in [2.45, 2.75) is 6.54 Å². The molecule has 0 saturated heterocycles. The highest BCUT2D eigenvalue weighted by Gasteiger charge is 2.06. The molecule has 1 aromatic heterocycles. The first kappa shape index (κ1) is 11.6. The molecule has 0 saturated carbocycles. The Morgan fingerprint density at radius 2 is 2.27 bits per heavy atom. The molecular formula is C8H10N2O4S. The number of pyridine rings is 1. The van der Waals surface area contributed by atoms with E-state index in [1.165, 1.54) is 18.3 Å². The zero-order valence-electron chi connectivity index (χ0n) is 7.97. The third kappa shape index (κ3) is 4.05. The Kier molecular flexibility index (Phi) is 3.38. The van der Waals surface area contributed by atoms with E-state index < -0.39 is 16.0 Å². The average Bonchev–Trinajstić information content (AvgIpc) is 2.14. The van der Waals surface area contributed by atoms with Gasteiger partial charge in [-0.1, -0.05) is 0 Å². The topological polar surface area (TPSA) is 96.4 Å². The SMILES string of the molecule is CS(=O)(=O)NCc1cc(C(=O)O)ccn1. The molecule has 0 radical (unpaired) electrons. The maximum Gasteiger partial charge on any atom is 0.335 e. The van der Waals surface area contributed by atoms with Crippen molar-refractivity contribution in [3.63, 3.8) is 0 Å². The van der Waals surface area contributed by atoms with Crippen LogP contribution in [0.4, 0.5) is 0 Å². The van der Waals surface area contributed by atoms with Crippen LogP contribution in [0.5, 0.6) is 0 Å². The molecule has 0 spiro atoms. The van der Waals surface area contributed by atoms with Gasteiger partial charge in [0, 0.05) is 6.20 Å². The highest BCUT2D eigenvalue weighted by molar-refractivity contribution is 7.88. The minimum Gasteiger partial charge on any atom is -0.478 e. The molecule has 0 aliphatic rings. The van der Waals surface area contributed by atoms with Crippen LogP contribution in [0.25, 0.3) is 0 Å². The first-order chi connectivity index (χ1) is 6.88. The number of hydrogen-bond acceptors (Lipinski definition) is 4. The van der Waals surface area contributed by atoms with Crippen molar-refractivity contribution in [1.82, 2.24) is 9.71 Å². The second-order valence-corrected chi connectivity index (χ2v) is 4.77. The second kappa shape index (κ2) is 4.37. The fourth-order valence-electron chi connectivity index (χ4n) is 0.913. The minimum absolute atomic E-state index is 0.0139. The van der Waals surface area contributed by atoms with Crippen LogP contribution in [0.1, 0.15) is 16.1 Å². The van der Waals surface area contributed by atoms with E-state index >= 15 is 0 Å². The summed E-state index contributed by atoms with van der Waals surface area (Å²) >= 11 is 0. The molecule has 6 nitrogen and oxygen atoms in total. The molecule has 2 N–H and O–H groups in total. The lowest BCUT2D eigenvalue weighted by atomic mass is 10.2. The van der Waals surface area contributed by atoms with Crippen molar-refractivity contribution >= 4 is 16.0 Å². The zero-order valence-corrected chi connectivity index (χ0v) is 8.78. The van der Waals surface area contributed by atoms with Gasteiger partial charge in [-0.2, -0.15) is 0 Å². The second-order valence-electron chi connectivity index (χ2n) is 2.93. The van der Waals surface area contributed by atoms with E-state index in [-0.39, 0.29) is 12.1 Å². The first-order valence-electron chi connectivity index (χ1n) is 4.01. The quantitative estimate of drug-likeness (QED) is 0.748. The maximum absolute atomic E-state index is 10.8. The lowest BCUT2D eigenvalue weighted by Gasteiger charge is -2.02. The third-order valence-electron chi connectivity index (χ3n) is 1.58. The molecule has 82 valence electrons. The highest BCUT2D eigenvalue weighted by Crippen LogP contribution is 2.01. The number of aromatic carboxylic acids is 1. The van der Waals surface area contributed by atoms with Crippen molar-refractivity contribution in [3.05, 3.63) is 29.6 Å². The number of carbonyl (C=O) groups is 1. The molecule has 7 heteroatoms. The van der Waals surface area contributed by atoms with E-state index in [1.54, 1.807) is 0 Å². The fourth-order valence-corrected chi connectivity index (χ4v) is 1.32. The minimum atomic E-state index is -3.29. The summed E-state index contributed by atoms with van der Waals surface area (Å²) in [6.45, 7) is -0.0139. The standard InChI is InChI=1S/C8H10N2O4S/c1-15(13,14)10-5-7-4-6(8(11)12)2-3-9-7/h2-4,10H,5H2,1H3,(H,11,12). The van der Waals surface area contributed by atoms with Gasteiger partial charge in [0.05, 0.1) is 24.1 Å². The van der Waals surface area contributed by atoms with Crippen LogP contribution in [0.15, 0.2) is 18.3 Å². The molecule has 1 rings (SSSR count). The zero-order chi connectivity index (χ0) is 11.5. The van der Waals surface area contributed by atoms with Gasteiger partial charge in [-0.25, -0.2) is 17.9 Å². The predicted octanol–water partition coefficient (Wildman–Crippen LogP) is -0.171. The molecule has 0 bridgehead atoms. The first-order valence-corrected chi connectivity index (χ1v) is 5.90. The smallest absolute Gasteiger partial charge is 0.335 e. The van der Waals surface area contributed by atoms with Crippen LogP contribution in [-0.2, 0) is 16.6 Å². The summed E-state index contributed by atoms with van der Waals surface area (Å²) in [5.41, 5.74) is 0.440. The molecule has 15 heavy (non-hydrogen) atoms. The summed E-state index contributed by atoms with van der Waals surface area (Å²) in [4.78, 5) is 14.4. The number of hydrogen-bond donors (Lipinski definition) is 2. The van der Waals surface area contributed by atoms with E-state index in [4.69, 9.17) is 5.11 Å². The Morgan fingerprint density at radius 3 is 2.80 bits per heavy atom. The number of nitrogens with zero attached hydrogens (tertiary/aromatic N) is 1. The Bertz CT molecular complexity index is 469. The summed E-state index contributed by atoms with van der Waals surface area (Å²) in [5, 5.41) is 8.67. The van der Waals surface area contributed by atoms with Crippen molar-refractivity contribution < 1.29 is 18.3 Å². The van der Waals surface area contributed by atoms with Crippen molar-refractivity contribution in [2.75, 3.05) is 6.26 Å². The molecule has 1 heterocycles. The Balaban J connectivity index is 2.79. The molecule has 0 amide bonds. The third-order valence-corrected chi connectivity index (χ3v) is 2.25. The monoisotopic (exact) mass is 230 g/mol. The molecule has 0 unspecified atom stereocenters. The van der Waals surface area contributed by atoms with E-state index in [0.717, 1.165) is 6.26 Å². The van der Waals surface area contributed by atoms with Crippen LogP contribution in [-0.4, -0.2) is 30.7 Å². The normalized spacial score (nSPS) is 11.3. The maximum atomic E-state index is 10.8. The molecule has 0 aliphatic carbocycles. The van der Waals surface area contributed by atoms with E-state index in [2.05, 4.69) is 9.71 Å². The summed E-state index contributed by atoms with van der Waals surface area (Å²) in [7, 11) is -3.29. The summed E-state index contributed by atoms with van der Waals surface area (Å²) in [6.07, 6.45) is 2.34. The number of rotatable bonds is 4. The molecule has 0 aliphatic heterocycles. The van der Waals surface area contributed by atoms with Crippen LogP contribution in [0.2, 0.25) is 0 Å². The van der Waals surface area contributed by atoms with Crippen LogP contribution >= 0.6 is 0 Å². The van der Waals surface area contributed by atoms with Crippen LogP contribution < -0.4 is 4.72 Å². The largest absolute Gasteiger partial charge is 0.478 e. The van der Waals surface area contributed by atoms with Gasteiger partial charge in [-0.3, -0.25) is 4.98 Å². The number of carboxylic acids is 1. The van der Waals surface area contributed by atoms with E-state index in [0.29, 0.717) is 5.69 Å². The lowest BCUT2D eigenvalue weighted by Crippen LogP contribution is -2.21.